The fourth-order valence-electron chi connectivity index (χ4n) is 2.04. The highest BCUT2D eigenvalue weighted by atomic mass is 16.3. The minimum absolute atomic E-state index is 0.153. The zero-order valence-corrected chi connectivity index (χ0v) is 10.8. The van der Waals surface area contributed by atoms with Gasteiger partial charge >= 0.3 is 0 Å². The van der Waals surface area contributed by atoms with E-state index in [0.717, 1.165) is 4.90 Å². The molecule has 20 heavy (non-hydrogen) atoms. The van der Waals surface area contributed by atoms with E-state index in [1.54, 1.807) is 0 Å². The maximum atomic E-state index is 12.0. The second kappa shape index (κ2) is 5.20. The number of likely N-dealkylation sites (N-methyl/N-ethyl adjacent to an activating group) is 1. The van der Waals surface area contributed by atoms with Gasteiger partial charge in [-0.05, 0) is 18.6 Å². The van der Waals surface area contributed by atoms with Gasteiger partial charge in [0.2, 0.25) is 5.91 Å². The summed E-state index contributed by atoms with van der Waals surface area (Å²) in [6, 6.07) is 3.06. The normalized spacial score (nSPS) is 19.1. The SMILES string of the molecule is CN1C(=O)CCC(NC(=O)c2c(O)cccc2O)C1=O. The van der Waals surface area contributed by atoms with Gasteiger partial charge in [0.15, 0.2) is 0 Å². The molecule has 2 rings (SSSR count). The molecule has 1 aromatic rings. The summed E-state index contributed by atoms with van der Waals surface area (Å²) in [5, 5.41) is 21.6. The highest BCUT2D eigenvalue weighted by Gasteiger charge is 2.33. The van der Waals surface area contributed by atoms with Crippen molar-refractivity contribution in [1.82, 2.24) is 10.2 Å². The van der Waals surface area contributed by atoms with Crippen molar-refractivity contribution in [3.8, 4) is 11.5 Å². The molecule has 1 unspecified atom stereocenters. The van der Waals surface area contributed by atoms with Crippen molar-refractivity contribution < 1.29 is 24.6 Å². The highest BCUT2D eigenvalue weighted by Crippen LogP contribution is 2.26. The summed E-state index contributed by atoms with van der Waals surface area (Å²) in [5.74, 6) is -2.33. The quantitative estimate of drug-likeness (QED) is 0.659. The largest absolute Gasteiger partial charge is 0.507 e. The molecule has 1 atom stereocenters. The van der Waals surface area contributed by atoms with Crippen molar-refractivity contribution in [2.24, 2.45) is 0 Å². The molecule has 0 radical (unpaired) electrons. The van der Waals surface area contributed by atoms with Crippen LogP contribution in [0.25, 0.3) is 0 Å². The average Bonchev–Trinajstić information content (AvgIpc) is 2.39. The van der Waals surface area contributed by atoms with Crippen LogP contribution in [0.5, 0.6) is 11.5 Å². The number of nitrogens with zero attached hydrogens (tertiary/aromatic N) is 1. The Morgan fingerprint density at radius 3 is 2.50 bits per heavy atom. The molecular weight excluding hydrogens is 264 g/mol. The number of benzene rings is 1. The molecule has 0 saturated carbocycles. The zero-order chi connectivity index (χ0) is 14.9. The topological polar surface area (TPSA) is 107 Å². The summed E-state index contributed by atoms with van der Waals surface area (Å²) >= 11 is 0. The minimum atomic E-state index is -0.843. The Bertz CT molecular complexity index is 564. The van der Waals surface area contributed by atoms with Crippen LogP contribution in [0.15, 0.2) is 18.2 Å². The molecule has 0 aliphatic carbocycles. The summed E-state index contributed by atoms with van der Waals surface area (Å²) in [6.45, 7) is 0. The number of hydrogen-bond donors (Lipinski definition) is 3. The van der Waals surface area contributed by atoms with E-state index in [1.165, 1.54) is 25.2 Å². The van der Waals surface area contributed by atoms with Crippen LogP contribution in [-0.2, 0) is 9.59 Å². The van der Waals surface area contributed by atoms with Gasteiger partial charge in [0.1, 0.15) is 23.1 Å². The summed E-state index contributed by atoms with van der Waals surface area (Å²) in [4.78, 5) is 36.1. The first-order valence-electron chi connectivity index (χ1n) is 6.04. The van der Waals surface area contributed by atoms with E-state index in [-0.39, 0.29) is 35.8 Å². The number of carbonyl (C=O) groups excluding carboxylic acids is 3. The van der Waals surface area contributed by atoms with Crippen LogP contribution in [0.1, 0.15) is 23.2 Å². The van der Waals surface area contributed by atoms with E-state index in [0.29, 0.717) is 0 Å². The van der Waals surface area contributed by atoms with E-state index < -0.39 is 17.9 Å². The van der Waals surface area contributed by atoms with Crippen LogP contribution in [0.2, 0.25) is 0 Å². The molecule has 7 heteroatoms. The second-order valence-electron chi connectivity index (χ2n) is 4.53. The van der Waals surface area contributed by atoms with Gasteiger partial charge in [-0.3, -0.25) is 19.3 Å². The number of phenols is 2. The monoisotopic (exact) mass is 278 g/mol. The van der Waals surface area contributed by atoms with Gasteiger partial charge in [-0.2, -0.15) is 0 Å². The van der Waals surface area contributed by atoms with Crippen molar-refractivity contribution in [3.63, 3.8) is 0 Å². The Morgan fingerprint density at radius 2 is 1.90 bits per heavy atom. The van der Waals surface area contributed by atoms with E-state index in [4.69, 9.17) is 0 Å². The van der Waals surface area contributed by atoms with E-state index >= 15 is 0 Å². The van der Waals surface area contributed by atoms with Gasteiger partial charge in [0, 0.05) is 13.5 Å². The molecule has 0 spiro atoms. The molecule has 1 heterocycles. The number of likely N-dealkylation sites (tertiary alicyclic amines) is 1. The third kappa shape index (κ3) is 2.42. The molecule has 7 nitrogen and oxygen atoms in total. The van der Waals surface area contributed by atoms with Crippen LogP contribution in [0.3, 0.4) is 0 Å². The number of nitrogens with one attached hydrogen (secondary N) is 1. The number of aromatic hydroxyl groups is 2. The fourth-order valence-corrected chi connectivity index (χ4v) is 2.04. The van der Waals surface area contributed by atoms with Crippen LogP contribution < -0.4 is 5.32 Å². The predicted molar refractivity (Wildman–Crippen MR) is 68.0 cm³/mol. The molecule has 1 saturated heterocycles. The lowest BCUT2D eigenvalue weighted by molar-refractivity contribution is -0.147. The first kappa shape index (κ1) is 13.9. The summed E-state index contributed by atoms with van der Waals surface area (Å²) in [5.41, 5.74) is -0.292. The van der Waals surface area contributed by atoms with Gasteiger partial charge in [0.25, 0.3) is 11.8 Å². The van der Waals surface area contributed by atoms with Crippen LogP contribution >= 0.6 is 0 Å². The Balaban J connectivity index is 2.16. The number of phenolic OH excluding ortho intramolecular Hbond substituents is 2. The maximum absolute atomic E-state index is 12.0. The van der Waals surface area contributed by atoms with Crippen molar-refractivity contribution in [3.05, 3.63) is 23.8 Å². The smallest absolute Gasteiger partial charge is 0.259 e. The number of imide groups is 1. The number of rotatable bonds is 2. The molecule has 1 aliphatic rings. The summed E-state index contributed by atoms with van der Waals surface area (Å²) in [6.07, 6.45) is 0.349. The fraction of sp³-hybridized carbons (Fsp3) is 0.308. The third-order valence-corrected chi connectivity index (χ3v) is 3.20. The van der Waals surface area contributed by atoms with Crippen LogP contribution in [0, 0.1) is 0 Å². The third-order valence-electron chi connectivity index (χ3n) is 3.20. The van der Waals surface area contributed by atoms with E-state index in [2.05, 4.69) is 5.32 Å². The van der Waals surface area contributed by atoms with Crippen molar-refractivity contribution >= 4 is 17.7 Å². The van der Waals surface area contributed by atoms with Gasteiger partial charge in [0.05, 0.1) is 0 Å². The van der Waals surface area contributed by atoms with E-state index in [9.17, 15) is 24.6 Å². The molecule has 106 valence electrons. The van der Waals surface area contributed by atoms with Crippen molar-refractivity contribution in [2.45, 2.75) is 18.9 Å². The standard InChI is InChI=1S/C13H14N2O5/c1-15-10(18)6-5-7(13(15)20)14-12(19)11-8(16)3-2-4-9(11)17/h2-4,7,16-17H,5-6H2,1H3,(H,14,19). The first-order chi connectivity index (χ1) is 9.41. The minimum Gasteiger partial charge on any atom is -0.507 e. The van der Waals surface area contributed by atoms with Gasteiger partial charge in [-0.15, -0.1) is 0 Å². The molecule has 3 N–H and O–H groups in total. The second-order valence-corrected chi connectivity index (χ2v) is 4.53. The molecular formula is C13H14N2O5. The number of amides is 3. The average molecular weight is 278 g/mol. The number of piperidine rings is 1. The van der Waals surface area contributed by atoms with Gasteiger partial charge < -0.3 is 15.5 Å². The van der Waals surface area contributed by atoms with E-state index in [1.807, 2.05) is 0 Å². The lowest BCUT2D eigenvalue weighted by Crippen LogP contribution is -2.52. The Morgan fingerprint density at radius 1 is 1.30 bits per heavy atom. The van der Waals surface area contributed by atoms with Gasteiger partial charge in [-0.1, -0.05) is 6.07 Å². The zero-order valence-electron chi connectivity index (χ0n) is 10.8. The predicted octanol–water partition coefficient (Wildman–Crippen LogP) is -0.0250. The Hall–Kier alpha value is -2.57. The molecule has 1 fully saturated rings. The molecule has 1 aliphatic heterocycles. The van der Waals surface area contributed by atoms with Crippen molar-refractivity contribution in [2.75, 3.05) is 7.05 Å². The molecule has 0 bridgehead atoms. The summed E-state index contributed by atoms with van der Waals surface area (Å²) < 4.78 is 0. The number of hydrogen-bond acceptors (Lipinski definition) is 5. The lowest BCUT2D eigenvalue weighted by atomic mass is 10.0. The first-order valence-corrected chi connectivity index (χ1v) is 6.04. The Labute approximate surface area is 114 Å². The highest BCUT2D eigenvalue weighted by molar-refractivity contribution is 6.05. The lowest BCUT2D eigenvalue weighted by Gasteiger charge is -2.28. The van der Waals surface area contributed by atoms with Crippen LogP contribution in [0.4, 0.5) is 0 Å². The maximum Gasteiger partial charge on any atom is 0.259 e. The van der Waals surface area contributed by atoms with Crippen LogP contribution in [-0.4, -0.2) is 45.9 Å². The Kier molecular flexibility index (Phi) is 3.60. The molecule has 3 amide bonds. The molecule has 1 aromatic carbocycles. The summed E-state index contributed by atoms with van der Waals surface area (Å²) in [7, 11) is 1.35. The number of carbonyl (C=O) groups is 3. The van der Waals surface area contributed by atoms with Crippen molar-refractivity contribution in [1.29, 1.82) is 0 Å². The van der Waals surface area contributed by atoms with Gasteiger partial charge in [-0.25, -0.2) is 0 Å². The molecule has 0 aromatic heterocycles.